The van der Waals surface area contributed by atoms with Crippen LogP contribution in [0.4, 0.5) is 11.5 Å². The van der Waals surface area contributed by atoms with Crippen molar-refractivity contribution >= 4 is 11.5 Å². The molecule has 1 heterocycles. The molecule has 1 saturated carbocycles. The van der Waals surface area contributed by atoms with Crippen molar-refractivity contribution in [2.45, 2.75) is 31.7 Å². The molecule has 70 valence electrons. The van der Waals surface area contributed by atoms with Crippen molar-refractivity contribution in [1.82, 2.24) is 4.98 Å². The topological polar surface area (TPSA) is 50.9 Å². The summed E-state index contributed by atoms with van der Waals surface area (Å²) in [6.45, 7) is 2.24. The minimum Gasteiger partial charge on any atom is -0.384 e. The molecule has 3 heteroatoms. The minimum absolute atomic E-state index is 0.289. The van der Waals surface area contributed by atoms with Gasteiger partial charge in [-0.2, -0.15) is 0 Å². The molecule has 1 aromatic rings. The normalized spacial score (nSPS) is 19.2. The lowest BCUT2D eigenvalue weighted by atomic mass is 9.78. The predicted molar refractivity (Wildman–Crippen MR) is 54.5 cm³/mol. The summed E-state index contributed by atoms with van der Waals surface area (Å²) in [5.74, 6) is 0.573. The third-order valence-electron chi connectivity index (χ3n) is 2.69. The second-order valence-corrected chi connectivity index (χ2v) is 4.01. The molecule has 3 nitrogen and oxygen atoms in total. The van der Waals surface area contributed by atoms with E-state index in [1.54, 1.807) is 6.20 Å². The quantitative estimate of drug-likeness (QED) is 0.726. The van der Waals surface area contributed by atoms with Crippen LogP contribution in [-0.4, -0.2) is 10.5 Å². The molecule has 0 aliphatic heterocycles. The van der Waals surface area contributed by atoms with Crippen LogP contribution >= 0.6 is 0 Å². The summed E-state index contributed by atoms with van der Waals surface area (Å²) >= 11 is 0. The van der Waals surface area contributed by atoms with Gasteiger partial charge in [0.05, 0.1) is 11.9 Å². The van der Waals surface area contributed by atoms with Crippen LogP contribution in [0.5, 0.6) is 0 Å². The van der Waals surface area contributed by atoms with Crippen molar-refractivity contribution < 1.29 is 0 Å². The Morgan fingerprint density at radius 2 is 2.23 bits per heavy atom. The molecule has 0 aromatic carbocycles. The summed E-state index contributed by atoms with van der Waals surface area (Å²) in [5.41, 5.74) is 6.85. The Balaban J connectivity index is 2.05. The van der Waals surface area contributed by atoms with E-state index in [-0.39, 0.29) is 5.54 Å². The molecule has 0 amide bonds. The number of pyridine rings is 1. The number of aromatic nitrogens is 1. The van der Waals surface area contributed by atoms with Gasteiger partial charge < -0.3 is 11.1 Å². The van der Waals surface area contributed by atoms with E-state index in [0.717, 1.165) is 5.69 Å². The summed E-state index contributed by atoms with van der Waals surface area (Å²) < 4.78 is 0. The number of nitrogens with zero attached hydrogens (tertiary/aromatic N) is 1. The zero-order chi connectivity index (χ0) is 9.31. The van der Waals surface area contributed by atoms with Gasteiger partial charge in [-0.05, 0) is 38.3 Å². The molecule has 1 fully saturated rings. The van der Waals surface area contributed by atoms with E-state index in [2.05, 4.69) is 17.2 Å². The minimum atomic E-state index is 0.289. The molecule has 0 unspecified atom stereocenters. The second kappa shape index (κ2) is 2.91. The fourth-order valence-corrected chi connectivity index (χ4v) is 1.66. The fraction of sp³-hybridized carbons (Fsp3) is 0.500. The van der Waals surface area contributed by atoms with Crippen LogP contribution in [0, 0.1) is 0 Å². The molecular formula is C10H15N3. The number of rotatable bonds is 2. The van der Waals surface area contributed by atoms with Gasteiger partial charge in [-0.15, -0.1) is 0 Å². The summed E-state index contributed by atoms with van der Waals surface area (Å²) in [4.78, 5) is 4.04. The molecule has 0 bridgehead atoms. The molecule has 1 aromatic heterocycles. The molecule has 1 aliphatic rings. The number of nitrogens with one attached hydrogen (secondary N) is 1. The number of nitrogen functional groups attached to an aromatic ring is 1. The molecular weight excluding hydrogens is 162 g/mol. The van der Waals surface area contributed by atoms with E-state index >= 15 is 0 Å². The Bertz CT molecular complexity index is 288. The van der Waals surface area contributed by atoms with Gasteiger partial charge in [-0.25, -0.2) is 4.98 Å². The highest BCUT2D eigenvalue weighted by atomic mass is 15.0. The van der Waals surface area contributed by atoms with Gasteiger partial charge in [0.25, 0.3) is 0 Å². The zero-order valence-electron chi connectivity index (χ0n) is 7.88. The Hall–Kier alpha value is -1.25. The van der Waals surface area contributed by atoms with Gasteiger partial charge in [0.15, 0.2) is 0 Å². The lowest BCUT2D eigenvalue weighted by Crippen LogP contribution is -2.41. The number of hydrogen-bond acceptors (Lipinski definition) is 3. The van der Waals surface area contributed by atoms with Gasteiger partial charge >= 0.3 is 0 Å². The van der Waals surface area contributed by atoms with E-state index in [0.29, 0.717) is 5.82 Å². The average Bonchev–Trinajstić information content (AvgIpc) is 2.06. The average molecular weight is 177 g/mol. The molecule has 0 saturated heterocycles. The summed E-state index contributed by atoms with van der Waals surface area (Å²) in [7, 11) is 0. The highest BCUT2D eigenvalue weighted by Gasteiger charge is 2.31. The van der Waals surface area contributed by atoms with E-state index < -0.39 is 0 Å². The van der Waals surface area contributed by atoms with Crippen LogP contribution in [0.25, 0.3) is 0 Å². The van der Waals surface area contributed by atoms with E-state index in [1.807, 2.05) is 12.1 Å². The number of nitrogens with two attached hydrogens (primary N) is 1. The van der Waals surface area contributed by atoms with Crippen LogP contribution in [0.15, 0.2) is 18.3 Å². The number of hydrogen-bond donors (Lipinski definition) is 2. The van der Waals surface area contributed by atoms with Gasteiger partial charge in [-0.3, -0.25) is 0 Å². The van der Waals surface area contributed by atoms with Crippen LogP contribution < -0.4 is 11.1 Å². The highest BCUT2D eigenvalue weighted by Crippen LogP contribution is 2.34. The Labute approximate surface area is 78.4 Å². The Morgan fingerprint density at radius 3 is 2.69 bits per heavy atom. The largest absolute Gasteiger partial charge is 0.384 e. The summed E-state index contributed by atoms with van der Waals surface area (Å²) in [5, 5.41) is 3.46. The predicted octanol–water partition coefficient (Wildman–Crippen LogP) is 2.02. The molecule has 0 radical (unpaired) electrons. The van der Waals surface area contributed by atoms with Crippen LogP contribution in [0.3, 0.4) is 0 Å². The molecule has 3 N–H and O–H groups in total. The van der Waals surface area contributed by atoms with Crippen molar-refractivity contribution in [2.24, 2.45) is 0 Å². The molecule has 13 heavy (non-hydrogen) atoms. The standard InChI is InChI=1S/C10H15N3/c1-10(5-2-6-10)13-8-3-4-9(11)12-7-8/h3-4,7,13H,2,5-6H2,1H3,(H2,11,12). The maximum absolute atomic E-state index is 5.50. The smallest absolute Gasteiger partial charge is 0.123 e. The van der Waals surface area contributed by atoms with E-state index in [1.165, 1.54) is 19.3 Å². The summed E-state index contributed by atoms with van der Waals surface area (Å²) in [6, 6.07) is 3.80. The third kappa shape index (κ3) is 1.74. The first-order valence-electron chi connectivity index (χ1n) is 4.68. The van der Waals surface area contributed by atoms with Crippen LogP contribution in [0.2, 0.25) is 0 Å². The third-order valence-corrected chi connectivity index (χ3v) is 2.69. The highest BCUT2D eigenvalue weighted by molar-refractivity contribution is 5.47. The lowest BCUT2D eigenvalue weighted by Gasteiger charge is -2.40. The van der Waals surface area contributed by atoms with Gasteiger partial charge in [-0.1, -0.05) is 0 Å². The Morgan fingerprint density at radius 1 is 1.46 bits per heavy atom. The fourth-order valence-electron chi connectivity index (χ4n) is 1.66. The maximum Gasteiger partial charge on any atom is 0.123 e. The lowest BCUT2D eigenvalue weighted by molar-refractivity contribution is 0.306. The zero-order valence-corrected chi connectivity index (χ0v) is 7.88. The maximum atomic E-state index is 5.50. The SMILES string of the molecule is CC1(Nc2ccc(N)nc2)CCC1. The van der Waals surface area contributed by atoms with Crippen molar-refractivity contribution in [2.75, 3.05) is 11.1 Å². The van der Waals surface area contributed by atoms with Crippen LogP contribution in [-0.2, 0) is 0 Å². The first-order valence-corrected chi connectivity index (χ1v) is 4.68. The van der Waals surface area contributed by atoms with Gasteiger partial charge in [0.1, 0.15) is 5.82 Å². The second-order valence-electron chi connectivity index (χ2n) is 4.01. The van der Waals surface area contributed by atoms with Gasteiger partial charge in [0, 0.05) is 5.54 Å². The first kappa shape index (κ1) is 8.35. The summed E-state index contributed by atoms with van der Waals surface area (Å²) in [6.07, 6.45) is 5.61. The monoisotopic (exact) mass is 177 g/mol. The molecule has 0 atom stereocenters. The Kier molecular flexibility index (Phi) is 1.87. The van der Waals surface area contributed by atoms with Crippen LogP contribution in [0.1, 0.15) is 26.2 Å². The molecule has 0 spiro atoms. The van der Waals surface area contributed by atoms with E-state index in [9.17, 15) is 0 Å². The molecule has 1 aliphatic carbocycles. The van der Waals surface area contributed by atoms with Crippen molar-refractivity contribution in [1.29, 1.82) is 0 Å². The number of anilines is 2. The van der Waals surface area contributed by atoms with Crippen molar-refractivity contribution in [3.8, 4) is 0 Å². The first-order chi connectivity index (χ1) is 6.18. The molecule has 2 rings (SSSR count). The van der Waals surface area contributed by atoms with Crippen molar-refractivity contribution in [3.63, 3.8) is 0 Å². The van der Waals surface area contributed by atoms with Crippen molar-refractivity contribution in [3.05, 3.63) is 18.3 Å². The van der Waals surface area contributed by atoms with E-state index in [4.69, 9.17) is 5.73 Å². The van der Waals surface area contributed by atoms with Gasteiger partial charge in [0.2, 0.25) is 0 Å².